The molecule has 19 heavy (non-hydrogen) atoms. The highest BCUT2D eigenvalue weighted by Crippen LogP contribution is 2.30. The summed E-state index contributed by atoms with van der Waals surface area (Å²) in [6.07, 6.45) is -0.530. The van der Waals surface area contributed by atoms with E-state index in [1.165, 1.54) is 0 Å². The minimum absolute atomic E-state index is 0.0842. The van der Waals surface area contributed by atoms with E-state index in [1.54, 1.807) is 39.0 Å². The molecule has 0 fully saturated rings. The monoisotopic (exact) mass is 330 g/mol. The lowest BCUT2D eigenvalue weighted by atomic mass is 10.1. The fraction of sp³-hybridized carbons (Fsp3) is 0.462. The number of ether oxygens (including phenoxy) is 1. The number of aromatic hydroxyl groups is 1. The Kier molecular flexibility index (Phi) is 5.20. The zero-order chi connectivity index (χ0) is 14.6. The van der Waals surface area contributed by atoms with Gasteiger partial charge in [0.25, 0.3) is 0 Å². The lowest BCUT2D eigenvalue weighted by molar-refractivity contribution is 0.0524. The van der Waals surface area contributed by atoms with Crippen molar-refractivity contribution in [1.82, 2.24) is 5.32 Å². The largest absolute Gasteiger partial charge is 0.506 e. The third-order valence-corrected chi connectivity index (χ3v) is 2.92. The van der Waals surface area contributed by atoms with Gasteiger partial charge in [0, 0.05) is 12.1 Å². The number of hydrogen-bond acceptors (Lipinski definition) is 4. The van der Waals surface area contributed by atoms with E-state index in [0.29, 0.717) is 10.0 Å². The van der Waals surface area contributed by atoms with E-state index in [0.717, 1.165) is 0 Å². The van der Waals surface area contributed by atoms with Crippen molar-refractivity contribution >= 4 is 22.0 Å². The van der Waals surface area contributed by atoms with Crippen LogP contribution in [0.1, 0.15) is 32.4 Å². The van der Waals surface area contributed by atoms with E-state index < -0.39 is 17.7 Å². The molecule has 0 aliphatic heterocycles. The van der Waals surface area contributed by atoms with Gasteiger partial charge in [0.15, 0.2) is 0 Å². The van der Waals surface area contributed by atoms with Crippen molar-refractivity contribution in [3.63, 3.8) is 0 Å². The fourth-order valence-corrected chi connectivity index (χ4v) is 1.83. The predicted octanol–water partition coefficient (Wildman–Crippen LogP) is 2.68. The van der Waals surface area contributed by atoms with Gasteiger partial charge in [-0.1, -0.05) is 12.1 Å². The molecule has 1 unspecified atom stereocenters. The molecule has 4 N–H and O–H groups in total. The van der Waals surface area contributed by atoms with E-state index in [1.807, 2.05) is 0 Å². The van der Waals surface area contributed by atoms with Crippen LogP contribution in [0.3, 0.4) is 0 Å². The van der Waals surface area contributed by atoms with Crippen molar-refractivity contribution in [2.75, 3.05) is 6.54 Å². The van der Waals surface area contributed by atoms with Gasteiger partial charge in [0.05, 0.1) is 10.5 Å². The molecule has 1 aromatic rings. The van der Waals surface area contributed by atoms with Crippen molar-refractivity contribution in [2.24, 2.45) is 5.73 Å². The molecule has 0 saturated heterocycles. The second-order valence-corrected chi connectivity index (χ2v) is 6.02. The van der Waals surface area contributed by atoms with Gasteiger partial charge in [-0.3, -0.25) is 0 Å². The Morgan fingerprint density at radius 2 is 2.16 bits per heavy atom. The lowest BCUT2D eigenvalue weighted by Crippen LogP contribution is -2.36. The van der Waals surface area contributed by atoms with Crippen LogP contribution in [0.25, 0.3) is 0 Å². The van der Waals surface area contributed by atoms with Gasteiger partial charge < -0.3 is 20.9 Å². The summed E-state index contributed by atoms with van der Waals surface area (Å²) >= 11 is 3.22. The van der Waals surface area contributed by atoms with Gasteiger partial charge in [-0.05, 0) is 42.8 Å². The topological polar surface area (TPSA) is 84.6 Å². The zero-order valence-corrected chi connectivity index (χ0v) is 12.8. The van der Waals surface area contributed by atoms with Crippen LogP contribution in [0.15, 0.2) is 22.7 Å². The summed E-state index contributed by atoms with van der Waals surface area (Å²) in [5.74, 6) is 0.0842. The SMILES string of the molecule is CC(C)(C)OC(=O)NCC(N)c1cccc(Br)c1O. The first-order valence-electron chi connectivity index (χ1n) is 5.90. The number of rotatable bonds is 3. The van der Waals surface area contributed by atoms with Gasteiger partial charge in [-0.2, -0.15) is 0 Å². The average molecular weight is 331 g/mol. The second-order valence-electron chi connectivity index (χ2n) is 5.17. The molecule has 0 aliphatic rings. The van der Waals surface area contributed by atoms with E-state index in [9.17, 15) is 9.90 Å². The van der Waals surface area contributed by atoms with E-state index in [4.69, 9.17) is 10.5 Å². The summed E-state index contributed by atoms with van der Waals surface area (Å²) in [4.78, 5) is 11.5. The van der Waals surface area contributed by atoms with Crippen molar-refractivity contribution in [3.05, 3.63) is 28.2 Å². The maximum Gasteiger partial charge on any atom is 0.407 e. The van der Waals surface area contributed by atoms with Crippen LogP contribution < -0.4 is 11.1 Å². The number of hydrogen-bond donors (Lipinski definition) is 3. The Morgan fingerprint density at radius 1 is 1.53 bits per heavy atom. The van der Waals surface area contributed by atoms with Crippen LogP contribution in [0.5, 0.6) is 5.75 Å². The number of phenolic OH excluding ortho intramolecular Hbond substituents is 1. The third-order valence-electron chi connectivity index (χ3n) is 2.28. The average Bonchev–Trinajstić information content (AvgIpc) is 2.27. The summed E-state index contributed by atoms with van der Waals surface area (Å²) in [5, 5.41) is 12.4. The van der Waals surface area contributed by atoms with Crippen LogP contribution in [-0.4, -0.2) is 23.3 Å². The number of nitrogens with one attached hydrogen (secondary N) is 1. The molecule has 0 spiro atoms. The summed E-state index contributed by atoms with van der Waals surface area (Å²) in [6, 6.07) is 4.69. The van der Waals surface area contributed by atoms with Gasteiger partial charge in [-0.25, -0.2) is 4.79 Å². The molecule has 0 saturated carbocycles. The minimum Gasteiger partial charge on any atom is -0.506 e. The number of phenols is 1. The highest BCUT2D eigenvalue weighted by atomic mass is 79.9. The molecular weight excluding hydrogens is 312 g/mol. The zero-order valence-electron chi connectivity index (χ0n) is 11.2. The predicted molar refractivity (Wildman–Crippen MR) is 77.0 cm³/mol. The number of nitrogens with two attached hydrogens (primary N) is 1. The maximum absolute atomic E-state index is 11.5. The van der Waals surface area contributed by atoms with E-state index >= 15 is 0 Å². The van der Waals surface area contributed by atoms with Gasteiger partial charge >= 0.3 is 6.09 Å². The molecule has 106 valence electrons. The van der Waals surface area contributed by atoms with Crippen LogP contribution in [0, 0.1) is 0 Å². The van der Waals surface area contributed by atoms with Crippen LogP contribution in [-0.2, 0) is 4.74 Å². The highest BCUT2D eigenvalue weighted by molar-refractivity contribution is 9.10. The molecule has 1 aromatic carbocycles. The van der Waals surface area contributed by atoms with Crippen LogP contribution >= 0.6 is 15.9 Å². The first-order chi connectivity index (χ1) is 8.70. The quantitative estimate of drug-likeness (QED) is 0.795. The third kappa shape index (κ3) is 5.08. The Balaban J connectivity index is 2.59. The molecule has 6 heteroatoms. The minimum atomic E-state index is -0.550. The molecule has 1 amide bonds. The van der Waals surface area contributed by atoms with Crippen molar-refractivity contribution in [3.8, 4) is 5.75 Å². The molecule has 0 aromatic heterocycles. The van der Waals surface area contributed by atoms with E-state index in [2.05, 4.69) is 21.2 Å². The Labute approximate surface area is 121 Å². The normalized spacial score (nSPS) is 12.9. The van der Waals surface area contributed by atoms with Gasteiger partial charge in [-0.15, -0.1) is 0 Å². The van der Waals surface area contributed by atoms with E-state index in [-0.39, 0.29) is 12.3 Å². The number of benzene rings is 1. The Bertz CT molecular complexity index is 458. The number of carbonyl (C=O) groups excluding carboxylic acids is 1. The van der Waals surface area contributed by atoms with Gasteiger partial charge in [0.1, 0.15) is 11.4 Å². The summed E-state index contributed by atoms with van der Waals surface area (Å²) < 4.78 is 5.67. The standard InChI is InChI=1S/C13H19BrN2O3/c1-13(2,3)19-12(18)16-7-10(15)8-5-4-6-9(14)11(8)17/h4-6,10,17H,7,15H2,1-3H3,(H,16,18). The first kappa shape index (κ1) is 15.8. The molecule has 1 atom stereocenters. The fourth-order valence-electron chi connectivity index (χ4n) is 1.45. The molecule has 5 nitrogen and oxygen atoms in total. The molecular formula is C13H19BrN2O3. The molecule has 0 bridgehead atoms. The molecule has 0 aliphatic carbocycles. The van der Waals surface area contributed by atoms with Crippen molar-refractivity contribution in [2.45, 2.75) is 32.4 Å². The number of alkyl carbamates (subject to hydrolysis) is 1. The summed E-state index contributed by atoms with van der Waals surface area (Å²) in [6.45, 7) is 5.53. The summed E-state index contributed by atoms with van der Waals surface area (Å²) in [7, 11) is 0. The number of carbonyl (C=O) groups is 1. The van der Waals surface area contributed by atoms with Crippen molar-refractivity contribution < 1.29 is 14.6 Å². The number of amides is 1. The number of para-hydroxylation sites is 1. The first-order valence-corrected chi connectivity index (χ1v) is 6.70. The van der Waals surface area contributed by atoms with Crippen LogP contribution in [0.2, 0.25) is 0 Å². The number of halogens is 1. The summed E-state index contributed by atoms with van der Waals surface area (Å²) in [5.41, 5.74) is 5.94. The highest BCUT2D eigenvalue weighted by Gasteiger charge is 2.18. The molecule has 0 radical (unpaired) electrons. The molecule has 1 rings (SSSR count). The smallest absolute Gasteiger partial charge is 0.407 e. The second kappa shape index (κ2) is 6.25. The van der Waals surface area contributed by atoms with Crippen molar-refractivity contribution in [1.29, 1.82) is 0 Å². The maximum atomic E-state index is 11.5. The molecule has 0 heterocycles. The lowest BCUT2D eigenvalue weighted by Gasteiger charge is -2.21. The van der Waals surface area contributed by atoms with Gasteiger partial charge in [0.2, 0.25) is 0 Å². The Hall–Kier alpha value is -1.27. The van der Waals surface area contributed by atoms with Crippen LogP contribution in [0.4, 0.5) is 4.79 Å². The Morgan fingerprint density at radius 3 is 2.74 bits per heavy atom.